The molecule has 0 spiro atoms. The number of carboxylic acid groups (broad SMARTS) is 2. The Labute approximate surface area is 163 Å². The first-order valence-corrected chi connectivity index (χ1v) is 9.20. The van der Waals surface area contributed by atoms with Crippen LogP contribution in [0.15, 0.2) is 24.3 Å². The fourth-order valence-corrected chi connectivity index (χ4v) is 2.66. The van der Waals surface area contributed by atoms with Crippen molar-refractivity contribution in [3.8, 4) is 5.75 Å². The first-order valence-electron chi connectivity index (χ1n) is 9.20. The third-order valence-electron chi connectivity index (χ3n) is 3.99. The van der Waals surface area contributed by atoms with Gasteiger partial charge >= 0.3 is 11.9 Å². The molecule has 1 saturated heterocycles. The molecular formula is C19H28N2O7. The quantitative estimate of drug-likeness (QED) is 0.372. The van der Waals surface area contributed by atoms with Crippen LogP contribution in [0.1, 0.15) is 31.2 Å². The predicted octanol–water partition coefficient (Wildman–Crippen LogP) is 0.706. The minimum atomic E-state index is -1.82. The fourth-order valence-electron chi connectivity index (χ4n) is 2.66. The van der Waals surface area contributed by atoms with E-state index in [-0.39, 0.29) is 5.91 Å². The molecule has 1 fully saturated rings. The molecule has 28 heavy (non-hydrogen) atoms. The number of piperidine rings is 1. The maximum absolute atomic E-state index is 10.9. The Morgan fingerprint density at radius 1 is 1.07 bits per heavy atom. The van der Waals surface area contributed by atoms with Crippen LogP contribution in [0, 0.1) is 0 Å². The number of ether oxygens (including phenoxy) is 1. The summed E-state index contributed by atoms with van der Waals surface area (Å²) in [6.45, 7) is 3.99. The highest BCUT2D eigenvalue weighted by atomic mass is 16.5. The molecule has 2 rings (SSSR count). The van der Waals surface area contributed by atoms with Crippen LogP contribution in [0.2, 0.25) is 0 Å². The standard InChI is InChI=1S/C17H26N2O3.C2H2O4/c20-14-17(21)18-8-5-11-22-16-7-4-6-15(12-16)13-19-9-2-1-3-10-19;3-1(4)2(5)6/h4,6-7,12,20H,1-3,5,8-11,13-14H2,(H,18,21);(H,3,4)(H,5,6). The number of aliphatic hydroxyl groups excluding tert-OH is 1. The molecule has 1 aliphatic rings. The van der Waals surface area contributed by atoms with Gasteiger partial charge in [-0.15, -0.1) is 0 Å². The van der Waals surface area contributed by atoms with E-state index in [4.69, 9.17) is 29.6 Å². The van der Waals surface area contributed by atoms with Crippen LogP contribution < -0.4 is 10.1 Å². The maximum Gasteiger partial charge on any atom is 0.414 e. The number of amides is 1. The van der Waals surface area contributed by atoms with E-state index in [1.54, 1.807) is 0 Å². The molecule has 0 radical (unpaired) electrons. The van der Waals surface area contributed by atoms with Gasteiger partial charge in [-0.25, -0.2) is 9.59 Å². The number of aliphatic carboxylic acids is 2. The zero-order valence-corrected chi connectivity index (χ0v) is 15.8. The Kier molecular flexibility index (Phi) is 11.3. The molecule has 0 atom stereocenters. The van der Waals surface area contributed by atoms with Gasteiger partial charge in [0, 0.05) is 13.1 Å². The van der Waals surface area contributed by atoms with E-state index in [9.17, 15) is 4.79 Å². The first kappa shape index (κ1) is 23.4. The average molecular weight is 396 g/mol. The van der Waals surface area contributed by atoms with E-state index in [1.165, 1.54) is 37.9 Å². The molecule has 9 heteroatoms. The van der Waals surface area contributed by atoms with E-state index in [2.05, 4.69) is 22.3 Å². The third kappa shape index (κ3) is 10.5. The average Bonchev–Trinajstić information content (AvgIpc) is 2.69. The summed E-state index contributed by atoms with van der Waals surface area (Å²) in [7, 11) is 0. The minimum absolute atomic E-state index is 0.344. The summed E-state index contributed by atoms with van der Waals surface area (Å²) in [6, 6.07) is 8.23. The van der Waals surface area contributed by atoms with Gasteiger partial charge in [-0.3, -0.25) is 9.69 Å². The molecule has 0 saturated carbocycles. The van der Waals surface area contributed by atoms with Crippen LogP contribution in [0.4, 0.5) is 0 Å². The molecule has 0 aromatic heterocycles. The number of carbonyl (C=O) groups excluding carboxylic acids is 1. The normalized spacial score (nSPS) is 13.8. The predicted molar refractivity (Wildman–Crippen MR) is 101 cm³/mol. The molecule has 4 N–H and O–H groups in total. The van der Waals surface area contributed by atoms with Crippen molar-refractivity contribution >= 4 is 17.8 Å². The van der Waals surface area contributed by atoms with Crippen LogP contribution in [0.5, 0.6) is 5.75 Å². The zero-order chi connectivity index (χ0) is 20.8. The number of benzene rings is 1. The lowest BCUT2D eigenvalue weighted by Crippen LogP contribution is -2.29. The molecule has 9 nitrogen and oxygen atoms in total. The topological polar surface area (TPSA) is 136 Å². The van der Waals surface area contributed by atoms with E-state index < -0.39 is 18.5 Å². The van der Waals surface area contributed by atoms with Gasteiger partial charge in [0.25, 0.3) is 0 Å². The number of rotatable bonds is 8. The Balaban J connectivity index is 0.000000568. The van der Waals surface area contributed by atoms with Crippen molar-refractivity contribution in [1.82, 2.24) is 10.2 Å². The lowest BCUT2D eigenvalue weighted by molar-refractivity contribution is -0.159. The van der Waals surface area contributed by atoms with E-state index in [1.807, 2.05) is 12.1 Å². The SMILES string of the molecule is O=C(CO)NCCCOc1cccc(CN2CCCCC2)c1.O=C(O)C(=O)O. The number of hydrogen-bond donors (Lipinski definition) is 4. The highest BCUT2D eigenvalue weighted by Crippen LogP contribution is 2.17. The van der Waals surface area contributed by atoms with Gasteiger partial charge in [0.15, 0.2) is 0 Å². The van der Waals surface area contributed by atoms with Gasteiger partial charge in [-0.1, -0.05) is 18.6 Å². The molecule has 1 aliphatic heterocycles. The summed E-state index contributed by atoms with van der Waals surface area (Å²) in [5.41, 5.74) is 1.29. The van der Waals surface area contributed by atoms with Crippen molar-refractivity contribution in [2.24, 2.45) is 0 Å². The van der Waals surface area contributed by atoms with E-state index in [0.717, 1.165) is 18.7 Å². The second kappa shape index (κ2) is 13.5. The Bertz CT molecular complexity index is 618. The van der Waals surface area contributed by atoms with Crippen molar-refractivity contribution in [3.05, 3.63) is 29.8 Å². The zero-order valence-electron chi connectivity index (χ0n) is 15.8. The first-order chi connectivity index (χ1) is 13.4. The van der Waals surface area contributed by atoms with Gasteiger partial charge in [-0.05, 0) is 50.0 Å². The number of hydrogen-bond acceptors (Lipinski definition) is 6. The highest BCUT2D eigenvalue weighted by molar-refractivity contribution is 6.27. The monoisotopic (exact) mass is 396 g/mol. The number of likely N-dealkylation sites (tertiary alicyclic amines) is 1. The second-order valence-electron chi connectivity index (χ2n) is 6.30. The molecule has 0 bridgehead atoms. The van der Waals surface area contributed by atoms with Crippen LogP contribution in [0.3, 0.4) is 0 Å². The molecule has 156 valence electrons. The summed E-state index contributed by atoms with van der Waals surface area (Å²) >= 11 is 0. The van der Waals surface area contributed by atoms with Crippen molar-refractivity contribution in [2.75, 3.05) is 32.8 Å². The minimum Gasteiger partial charge on any atom is -0.494 e. The number of carbonyl (C=O) groups is 3. The van der Waals surface area contributed by atoms with Crippen molar-refractivity contribution < 1.29 is 34.4 Å². The van der Waals surface area contributed by atoms with Gasteiger partial charge in [0.1, 0.15) is 12.4 Å². The molecule has 1 heterocycles. The van der Waals surface area contributed by atoms with Crippen molar-refractivity contribution in [1.29, 1.82) is 0 Å². The molecule has 0 unspecified atom stereocenters. The van der Waals surface area contributed by atoms with Crippen LogP contribution in [-0.4, -0.2) is 70.9 Å². The van der Waals surface area contributed by atoms with Crippen LogP contribution in [-0.2, 0) is 20.9 Å². The lowest BCUT2D eigenvalue weighted by atomic mass is 10.1. The second-order valence-corrected chi connectivity index (χ2v) is 6.30. The van der Waals surface area contributed by atoms with Crippen LogP contribution in [0.25, 0.3) is 0 Å². The van der Waals surface area contributed by atoms with Crippen molar-refractivity contribution in [3.63, 3.8) is 0 Å². The van der Waals surface area contributed by atoms with E-state index >= 15 is 0 Å². The van der Waals surface area contributed by atoms with Crippen LogP contribution >= 0.6 is 0 Å². The summed E-state index contributed by atoms with van der Waals surface area (Å²) in [6.07, 6.45) is 4.68. The number of aliphatic hydroxyl groups is 1. The molecule has 0 aliphatic carbocycles. The summed E-state index contributed by atoms with van der Waals surface area (Å²) in [5, 5.41) is 26.0. The Morgan fingerprint density at radius 3 is 2.36 bits per heavy atom. The molecule has 1 amide bonds. The highest BCUT2D eigenvalue weighted by Gasteiger charge is 2.10. The van der Waals surface area contributed by atoms with Gasteiger partial charge in [-0.2, -0.15) is 0 Å². The van der Waals surface area contributed by atoms with Gasteiger partial charge in [0.05, 0.1) is 6.61 Å². The molecule has 1 aromatic carbocycles. The Hall–Kier alpha value is -2.65. The van der Waals surface area contributed by atoms with Gasteiger partial charge in [0.2, 0.25) is 5.91 Å². The summed E-state index contributed by atoms with van der Waals surface area (Å²) in [4.78, 5) is 31.6. The number of nitrogens with one attached hydrogen (secondary N) is 1. The number of nitrogens with zero attached hydrogens (tertiary/aromatic N) is 1. The fraction of sp³-hybridized carbons (Fsp3) is 0.526. The maximum atomic E-state index is 10.9. The van der Waals surface area contributed by atoms with E-state index in [0.29, 0.717) is 13.2 Å². The van der Waals surface area contributed by atoms with Crippen molar-refractivity contribution in [2.45, 2.75) is 32.2 Å². The third-order valence-corrected chi connectivity index (χ3v) is 3.99. The summed E-state index contributed by atoms with van der Waals surface area (Å²) < 4.78 is 5.72. The lowest BCUT2D eigenvalue weighted by Gasteiger charge is -2.26. The Morgan fingerprint density at radius 2 is 1.75 bits per heavy atom. The largest absolute Gasteiger partial charge is 0.494 e. The summed E-state index contributed by atoms with van der Waals surface area (Å²) in [5.74, 6) is -3.11. The molecular weight excluding hydrogens is 368 g/mol. The molecule has 1 aromatic rings. The van der Waals surface area contributed by atoms with Gasteiger partial charge < -0.3 is 25.4 Å². The smallest absolute Gasteiger partial charge is 0.414 e. The number of carboxylic acids is 2.